The summed E-state index contributed by atoms with van der Waals surface area (Å²) < 4.78 is 25.7. The van der Waals surface area contributed by atoms with Crippen LogP contribution in [0.4, 0.5) is 0 Å². The first-order valence-electron chi connectivity index (χ1n) is 6.60. The van der Waals surface area contributed by atoms with E-state index in [0.717, 1.165) is 19.6 Å². The first kappa shape index (κ1) is 14.4. The minimum absolute atomic E-state index is 0.334. The minimum atomic E-state index is -3.10. The van der Waals surface area contributed by atoms with Crippen LogP contribution in [-0.2, 0) is 16.6 Å². The molecule has 1 aliphatic heterocycles. The molecule has 106 valence electrons. The van der Waals surface area contributed by atoms with Gasteiger partial charge in [0.15, 0.2) is 0 Å². The van der Waals surface area contributed by atoms with E-state index in [-0.39, 0.29) is 5.25 Å². The number of pyridine rings is 1. The molecule has 5 nitrogen and oxygen atoms in total. The number of piperazine rings is 1. The molecule has 2 rings (SSSR count). The van der Waals surface area contributed by atoms with Crippen LogP contribution in [0.25, 0.3) is 0 Å². The second-order valence-electron chi connectivity index (χ2n) is 5.12. The van der Waals surface area contributed by atoms with Gasteiger partial charge >= 0.3 is 0 Å². The molecule has 0 spiro atoms. The summed E-state index contributed by atoms with van der Waals surface area (Å²) in [4.78, 5) is 6.28. The summed E-state index contributed by atoms with van der Waals surface area (Å²) in [7, 11) is -3.10. The molecule has 0 atom stereocenters. The molecule has 1 aromatic heterocycles. The zero-order chi connectivity index (χ0) is 13.9. The van der Waals surface area contributed by atoms with E-state index in [1.807, 2.05) is 12.1 Å². The Kier molecular flexibility index (Phi) is 4.54. The van der Waals surface area contributed by atoms with Crippen LogP contribution in [0.1, 0.15) is 19.4 Å². The molecule has 0 saturated carbocycles. The topological polar surface area (TPSA) is 53.5 Å². The van der Waals surface area contributed by atoms with E-state index in [9.17, 15) is 8.42 Å². The molecule has 0 aliphatic carbocycles. The molecule has 1 aromatic rings. The monoisotopic (exact) mass is 283 g/mol. The lowest BCUT2D eigenvalue weighted by molar-refractivity contribution is 0.181. The van der Waals surface area contributed by atoms with E-state index in [1.165, 1.54) is 5.56 Å². The summed E-state index contributed by atoms with van der Waals surface area (Å²) in [5.74, 6) is 0. The van der Waals surface area contributed by atoms with E-state index in [1.54, 1.807) is 30.5 Å². The van der Waals surface area contributed by atoms with Crippen molar-refractivity contribution in [2.75, 3.05) is 26.2 Å². The highest BCUT2D eigenvalue weighted by atomic mass is 32.2. The molecule has 0 aromatic carbocycles. The van der Waals surface area contributed by atoms with E-state index in [0.29, 0.717) is 13.1 Å². The maximum absolute atomic E-state index is 12.0. The molecule has 0 radical (unpaired) electrons. The van der Waals surface area contributed by atoms with Crippen molar-refractivity contribution in [2.24, 2.45) is 0 Å². The van der Waals surface area contributed by atoms with Gasteiger partial charge in [-0.2, -0.15) is 4.31 Å². The van der Waals surface area contributed by atoms with Crippen LogP contribution in [-0.4, -0.2) is 54.0 Å². The number of rotatable bonds is 4. The molecule has 2 heterocycles. The van der Waals surface area contributed by atoms with Crippen molar-refractivity contribution >= 4 is 10.0 Å². The molecule has 0 unspecified atom stereocenters. The predicted molar refractivity (Wildman–Crippen MR) is 75.1 cm³/mol. The molecule has 19 heavy (non-hydrogen) atoms. The third-order valence-corrected chi connectivity index (χ3v) is 5.72. The van der Waals surface area contributed by atoms with Gasteiger partial charge in [0.25, 0.3) is 0 Å². The Morgan fingerprint density at radius 1 is 1.16 bits per heavy atom. The highest BCUT2D eigenvalue weighted by Gasteiger charge is 2.29. The quantitative estimate of drug-likeness (QED) is 0.825. The molecule has 1 fully saturated rings. The highest BCUT2D eigenvalue weighted by Crippen LogP contribution is 2.13. The number of aromatic nitrogens is 1. The lowest BCUT2D eigenvalue weighted by Gasteiger charge is -2.34. The van der Waals surface area contributed by atoms with Gasteiger partial charge in [0.2, 0.25) is 10.0 Å². The zero-order valence-electron chi connectivity index (χ0n) is 11.5. The van der Waals surface area contributed by atoms with Gasteiger partial charge in [-0.25, -0.2) is 8.42 Å². The third-order valence-electron chi connectivity index (χ3n) is 3.44. The van der Waals surface area contributed by atoms with Crippen molar-refractivity contribution in [1.82, 2.24) is 14.2 Å². The lowest BCUT2D eigenvalue weighted by Crippen LogP contribution is -2.49. The molecule has 0 amide bonds. The Morgan fingerprint density at radius 3 is 2.26 bits per heavy atom. The van der Waals surface area contributed by atoms with Crippen LogP contribution < -0.4 is 0 Å². The Balaban J connectivity index is 1.90. The summed E-state index contributed by atoms with van der Waals surface area (Å²) >= 11 is 0. The Morgan fingerprint density at radius 2 is 1.74 bits per heavy atom. The van der Waals surface area contributed by atoms with Gasteiger partial charge in [-0.1, -0.05) is 0 Å². The molecule has 0 N–H and O–H groups in total. The molecular formula is C13H21N3O2S. The van der Waals surface area contributed by atoms with Crippen molar-refractivity contribution in [3.63, 3.8) is 0 Å². The smallest absolute Gasteiger partial charge is 0.216 e. The van der Waals surface area contributed by atoms with E-state index < -0.39 is 10.0 Å². The largest absolute Gasteiger partial charge is 0.296 e. The van der Waals surface area contributed by atoms with Crippen LogP contribution in [0.2, 0.25) is 0 Å². The van der Waals surface area contributed by atoms with Crippen LogP contribution in [0.15, 0.2) is 24.5 Å². The highest BCUT2D eigenvalue weighted by molar-refractivity contribution is 7.89. The minimum Gasteiger partial charge on any atom is -0.296 e. The fourth-order valence-corrected chi connectivity index (χ4v) is 3.46. The first-order chi connectivity index (χ1) is 9.00. The normalized spacial score (nSPS) is 18.9. The second kappa shape index (κ2) is 5.98. The average Bonchev–Trinajstić information content (AvgIpc) is 2.40. The molecule has 1 aliphatic rings. The molecule has 1 saturated heterocycles. The summed E-state index contributed by atoms with van der Waals surface area (Å²) in [6, 6.07) is 3.99. The Hall–Kier alpha value is -0.980. The second-order valence-corrected chi connectivity index (χ2v) is 7.61. The van der Waals surface area contributed by atoms with Gasteiger partial charge < -0.3 is 0 Å². The molecule has 6 heteroatoms. The summed E-state index contributed by atoms with van der Waals surface area (Å²) in [6.45, 7) is 7.08. The van der Waals surface area contributed by atoms with Crippen molar-refractivity contribution in [2.45, 2.75) is 25.6 Å². The van der Waals surface area contributed by atoms with Gasteiger partial charge in [0.05, 0.1) is 5.25 Å². The van der Waals surface area contributed by atoms with Crippen molar-refractivity contribution < 1.29 is 8.42 Å². The standard InChI is InChI=1S/C13H21N3O2S/c1-12(2)19(17,18)16-9-7-15(8-10-16)11-13-3-5-14-6-4-13/h3-6,12H,7-11H2,1-2H3. The van der Waals surface area contributed by atoms with Crippen molar-refractivity contribution in [1.29, 1.82) is 0 Å². The van der Waals surface area contributed by atoms with Gasteiger partial charge in [-0.15, -0.1) is 0 Å². The van der Waals surface area contributed by atoms with E-state index in [2.05, 4.69) is 9.88 Å². The van der Waals surface area contributed by atoms with Crippen LogP contribution in [0, 0.1) is 0 Å². The predicted octanol–water partition coefficient (Wildman–Crippen LogP) is 0.937. The third kappa shape index (κ3) is 3.52. The van der Waals surface area contributed by atoms with Crippen molar-refractivity contribution in [3.05, 3.63) is 30.1 Å². The van der Waals surface area contributed by atoms with Crippen molar-refractivity contribution in [3.8, 4) is 0 Å². The summed E-state index contributed by atoms with van der Waals surface area (Å²) in [5.41, 5.74) is 1.22. The van der Waals surface area contributed by atoms with E-state index >= 15 is 0 Å². The maximum Gasteiger partial charge on any atom is 0.216 e. The summed E-state index contributed by atoms with van der Waals surface area (Å²) in [5, 5.41) is -0.334. The number of nitrogens with zero attached hydrogens (tertiary/aromatic N) is 3. The first-order valence-corrected chi connectivity index (χ1v) is 8.10. The van der Waals surface area contributed by atoms with Gasteiger partial charge in [-0.3, -0.25) is 9.88 Å². The Bertz CT molecular complexity index is 494. The van der Waals surface area contributed by atoms with E-state index in [4.69, 9.17) is 0 Å². The average molecular weight is 283 g/mol. The molecular weight excluding hydrogens is 262 g/mol. The zero-order valence-corrected chi connectivity index (χ0v) is 12.3. The number of hydrogen-bond acceptors (Lipinski definition) is 4. The van der Waals surface area contributed by atoms with Gasteiger partial charge in [0, 0.05) is 45.1 Å². The molecule has 0 bridgehead atoms. The fraction of sp³-hybridized carbons (Fsp3) is 0.615. The maximum atomic E-state index is 12.0. The van der Waals surface area contributed by atoms with Gasteiger partial charge in [-0.05, 0) is 31.5 Å². The number of hydrogen-bond donors (Lipinski definition) is 0. The SMILES string of the molecule is CC(C)S(=O)(=O)N1CCN(Cc2ccncc2)CC1. The summed E-state index contributed by atoms with van der Waals surface area (Å²) in [6.07, 6.45) is 3.57. The van der Waals surface area contributed by atoms with Gasteiger partial charge in [0.1, 0.15) is 0 Å². The van der Waals surface area contributed by atoms with Crippen LogP contribution >= 0.6 is 0 Å². The van der Waals surface area contributed by atoms with Crippen LogP contribution in [0.3, 0.4) is 0 Å². The number of sulfonamides is 1. The van der Waals surface area contributed by atoms with Crippen LogP contribution in [0.5, 0.6) is 0 Å². The Labute approximate surface area is 115 Å². The lowest BCUT2D eigenvalue weighted by atomic mass is 10.2. The fourth-order valence-electron chi connectivity index (χ4n) is 2.19.